The topological polar surface area (TPSA) is 85.2 Å². The molecule has 82 valence electrons. The van der Waals surface area contributed by atoms with E-state index in [4.69, 9.17) is 4.74 Å². The van der Waals surface area contributed by atoms with Gasteiger partial charge in [-0.1, -0.05) is 0 Å². The highest BCUT2D eigenvalue weighted by molar-refractivity contribution is 5.86. The van der Waals surface area contributed by atoms with E-state index in [0.29, 0.717) is 16.7 Å². The number of hydrogen-bond donors (Lipinski definition) is 1. The van der Waals surface area contributed by atoms with Gasteiger partial charge in [0.15, 0.2) is 0 Å². The van der Waals surface area contributed by atoms with Crippen LogP contribution in [0, 0.1) is 10.1 Å². The summed E-state index contributed by atoms with van der Waals surface area (Å²) in [4.78, 5) is 23.8. The lowest BCUT2D eigenvalue weighted by Gasteiger charge is -2.03. The number of nitro benzene ring substituents is 1. The molecule has 2 rings (SSSR count). The molecule has 0 aliphatic carbocycles. The van der Waals surface area contributed by atoms with Crippen LogP contribution in [0.4, 0.5) is 5.69 Å². The van der Waals surface area contributed by atoms with Crippen LogP contribution in [0.1, 0.15) is 0 Å². The highest BCUT2D eigenvalue weighted by atomic mass is 16.6. The minimum atomic E-state index is -0.517. The van der Waals surface area contributed by atoms with Crippen molar-refractivity contribution in [3.63, 3.8) is 0 Å². The number of nitrogens with one attached hydrogen (secondary N) is 1. The highest BCUT2D eigenvalue weighted by Crippen LogP contribution is 2.25. The molecule has 0 unspecified atom stereocenters. The third-order valence-electron chi connectivity index (χ3n) is 2.22. The third kappa shape index (κ3) is 1.60. The molecule has 6 nitrogen and oxygen atoms in total. The van der Waals surface area contributed by atoms with E-state index in [-0.39, 0.29) is 11.2 Å². The van der Waals surface area contributed by atoms with Crippen molar-refractivity contribution in [3.8, 4) is 5.75 Å². The van der Waals surface area contributed by atoms with Gasteiger partial charge in [-0.05, 0) is 6.07 Å². The van der Waals surface area contributed by atoms with Crippen molar-refractivity contribution in [2.45, 2.75) is 0 Å². The molecule has 2 aromatic rings. The number of ether oxygens (including phenoxy) is 1. The van der Waals surface area contributed by atoms with E-state index < -0.39 is 4.92 Å². The van der Waals surface area contributed by atoms with Gasteiger partial charge in [0.2, 0.25) is 0 Å². The molecule has 0 atom stereocenters. The molecule has 0 saturated heterocycles. The van der Waals surface area contributed by atoms with Crippen LogP contribution >= 0.6 is 0 Å². The smallest absolute Gasteiger partial charge is 0.271 e. The summed E-state index contributed by atoms with van der Waals surface area (Å²) in [6.07, 6.45) is 0. The molecule has 1 aromatic heterocycles. The number of hydrogen-bond acceptors (Lipinski definition) is 4. The number of aromatic amines is 1. The molecule has 16 heavy (non-hydrogen) atoms. The fraction of sp³-hybridized carbons (Fsp3) is 0.100. The van der Waals surface area contributed by atoms with E-state index >= 15 is 0 Å². The first-order valence-corrected chi connectivity index (χ1v) is 4.47. The zero-order valence-electron chi connectivity index (χ0n) is 8.39. The molecule has 0 amide bonds. The lowest BCUT2D eigenvalue weighted by Crippen LogP contribution is -2.05. The summed E-state index contributed by atoms with van der Waals surface area (Å²) in [5.41, 5.74) is -0.0419. The number of H-pyrrole nitrogens is 1. The Morgan fingerprint density at radius 1 is 1.38 bits per heavy atom. The third-order valence-corrected chi connectivity index (χ3v) is 2.22. The van der Waals surface area contributed by atoms with Gasteiger partial charge in [0.25, 0.3) is 11.2 Å². The minimum absolute atomic E-state index is 0.0728. The van der Waals surface area contributed by atoms with Crippen molar-refractivity contribution in [2.24, 2.45) is 0 Å². The SMILES string of the molecule is COc1cc(=O)[nH]c2cc([N+](=O)[O-])ccc12. The fourth-order valence-electron chi connectivity index (χ4n) is 1.50. The number of non-ortho nitro benzene ring substituents is 1. The molecule has 1 aromatic carbocycles. The van der Waals surface area contributed by atoms with E-state index in [2.05, 4.69) is 4.98 Å². The van der Waals surface area contributed by atoms with Crippen LogP contribution in [0.25, 0.3) is 10.9 Å². The number of aromatic nitrogens is 1. The predicted octanol–water partition coefficient (Wildman–Crippen LogP) is 1.44. The minimum Gasteiger partial charge on any atom is -0.496 e. The monoisotopic (exact) mass is 220 g/mol. The Labute approximate surface area is 89.6 Å². The average molecular weight is 220 g/mol. The van der Waals surface area contributed by atoms with Crippen LogP contribution in [0.5, 0.6) is 5.75 Å². The molecule has 0 aliphatic heterocycles. The van der Waals surface area contributed by atoms with Crippen LogP contribution < -0.4 is 10.3 Å². The first-order valence-electron chi connectivity index (χ1n) is 4.47. The quantitative estimate of drug-likeness (QED) is 0.613. The van der Waals surface area contributed by atoms with Crippen molar-refractivity contribution >= 4 is 16.6 Å². The predicted molar refractivity (Wildman–Crippen MR) is 57.8 cm³/mol. The summed E-state index contributed by atoms with van der Waals surface area (Å²) in [7, 11) is 1.44. The largest absolute Gasteiger partial charge is 0.496 e. The number of methoxy groups -OCH3 is 1. The van der Waals surface area contributed by atoms with Gasteiger partial charge in [0, 0.05) is 23.6 Å². The van der Waals surface area contributed by atoms with Gasteiger partial charge < -0.3 is 9.72 Å². The molecule has 0 saturated carbocycles. The summed E-state index contributed by atoms with van der Waals surface area (Å²) < 4.78 is 5.02. The van der Waals surface area contributed by atoms with Gasteiger partial charge in [0.05, 0.1) is 17.5 Å². The van der Waals surface area contributed by atoms with Crippen molar-refractivity contribution in [1.82, 2.24) is 4.98 Å². The summed E-state index contributed by atoms with van der Waals surface area (Å²) >= 11 is 0. The fourth-order valence-corrected chi connectivity index (χ4v) is 1.50. The molecular weight excluding hydrogens is 212 g/mol. The van der Waals surface area contributed by atoms with Crippen LogP contribution in [-0.2, 0) is 0 Å². The van der Waals surface area contributed by atoms with Gasteiger partial charge in [-0.3, -0.25) is 14.9 Å². The molecule has 0 fully saturated rings. The molecule has 0 radical (unpaired) electrons. The number of nitrogens with zero attached hydrogens (tertiary/aromatic N) is 1. The number of fused-ring (bicyclic) bond motifs is 1. The molecule has 0 bridgehead atoms. The first kappa shape index (κ1) is 10.2. The standard InChI is InChI=1S/C10H8N2O4/c1-16-9-5-10(13)11-8-4-6(12(14)15)2-3-7(8)9/h2-5H,1H3,(H,11,13). The highest BCUT2D eigenvalue weighted by Gasteiger charge is 2.09. The van der Waals surface area contributed by atoms with Crippen LogP contribution in [-0.4, -0.2) is 17.0 Å². The number of nitro groups is 1. The van der Waals surface area contributed by atoms with Gasteiger partial charge in [-0.25, -0.2) is 0 Å². The maximum absolute atomic E-state index is 11.2. The van der Waals surface area contributed by atoms with Crippen molar-refractivity contribution in [3.05, 3.63) is 44.7 Å². The van der Waals surface area contributed by atoms with Crippen LogP contribution in [0.3, 0.4) is 0 Å². The number of benzene rings is 1. The van der Waals surface area contributed by atoms with Gasteiger partial charge in [-0.2, -0.15) is 0 Å². The van der Waals surface area contributed by atoms with Crippen molar-refractivity contribution in [2.75, 3.05) is 7.11 Å². The average Bonchev–Trinajstić information content (AvgIpc) is 2.26. The normalized spacial score (nSPS) is 10.3. The summed E-state index contributed by atoms with van der Waals surface area (Å²) in [6, 6.07) is 5.51. The van der Waals surface area contributed by atoms with E-state index in [1.165, 1.54) is 25.3 Å². The number of rotatable bonds is 2. The Kier molecular flexibility index (Phi) is 2.32. The maximum atomic E-state index is 11.2. The Morgan fingerprint density at radius 3 is 2.75 bits per heavy atom. The van der Waals surface area contributed by atoms with E-state index in [1.807, 2.05) is 0 Å². The van der Waals surface area contributed by atoms with Gasteiger partial charge in [-0.15, -0.1) is 0 Å². The van der Waals surface area contributed by atoms with Gasteiger partial charge in [0.1, 0.15) is 5.75 Å². The molecule has 1 N–H and O–H groups in total. The number of pyridine rings is 1. The lowest BCUT2D eigenvalue weighted by atomic mass is 10.2. The summed E-state index contributed by atoms with van der Waals surface area (Å²) in [6.45, 7) is 0. The summed E-state index contributed by atoms with van der Waals surface area (Å²) in [5.74, 6) is 0.397. The second-order valence-electron chi connectivity index (χ2n) is 3.19. The Hall–Kier alpha value is -2.37. The second-order valence-corrected chi connectivity index (χ2v) is 3.19. The Morgan fingerprint density at radius 2 is 2.12 bits per heavy atom. The van der Waals surface area contributed by atoms with Crippen molar-refractivity contribution < 1.29 is 9.66 Å². The molecule has 0 spiro atoms. The van der Waals surface area contributed by atoms with E-state index in [9.17, 15) is 14.9 Å². The van der Waals surface area contributed by atoms with E-state index in [0.717, 1.165) is 0 Å². The van der Waals surface area contributed by atoms with Crippen LogP contribution in [0.15, 0.2) is 29.1 Å². The second kappa shape index (κ2) is 3.65. The first-order chi connectivity index (χ1) is 7.61. The molecule has 0 aliphatic rings. The van der Waals surface area contributed by atoms with Crippen LogP contribution in [0.2, 0.25) is 0 Å². The Bertz CT molecular complexity index is 618. The molecule has 1 heterocycles. The zero-order valence-corrected chi connectivity index (χ0v) is 8.39. The molecule has 6 heteroatoms. The van der Waals surface area contributed by atoms with Gasteiger partial charge >= 0.3 is 0 Å². The zero-order chi connectivity index (χ0) is 11.7. The van der Waals surface area contributed by atoms with E-state index in [1.54, 1.807) is 6.07 Å². The molecular formula is C10H8N2O4. The lowest BCUT2D eigenvalue weighted by molar-refractivity contribution is -0.384. The summed E-state index contributed by atoms with van der Waals surface area (Å²) in [5, 5.41) is 11.2. The maximum Gasteiger partial charge on any atom is 0.271 e. The Balaban J connectivity index is 2.79. The van der Waals surface area contributed by atoms with Crippen molar-refractivity contribution in [1.29, 1.82) is 0 Å².